The van der Waals surface area contributed by atoms with Gasteiger partial charge in [0.1, 0.15) is 11.6 Å². The molecule has 3 rings (SSSR count). The predicted molar refractivity (Wildman–Crippen MR) is 138 cm³/mol. The first-order valence-corrected chi connectivity index (χ1v) is 12.3. The molecular weight excluding hydrogens is 458 g/mol. The second-order valence-electron chi connectivity index (χ2n) is 9.35. The fourth-order valence-corrected chi connectivity index (χ4v) is 3.66. The Labute approximate surface area is 213 Å². The zero-order valence-corrected chi connectivity index (χ0v) is 21.7. The van der Waals surface area contributed by atoms with Crippen LogP contribution in [0.2, 0.25) is 0 Å². The molecule has 0 spiro atoms. The molecule has 0 bridgehead atoms. The topological polar surface area (TPSA) is 95.7 Å². The van der Waals surface area contributed by atoms with E-state index in [1.807, 2.05) is 28.9 Å². The lowest BCUT2D eigenvalue weighted by molar-refractivity contribution is -0.152. The Morgan fingerprint density at radius 3 is 2.33 bits per heavy atom. The van der Waals surface area contributed by atoms with Crippen LogP contribution in [-0.2, 0) is 40.1 Å². The molecule has 194 valence electrons. The van der Waals surface area contributed by atoms with E-state index in [1.54, 1.807) is 7.11 Å². The fraction of sp³-hybridized carbons (Fsp3) is 0.464. The minimum atomic E-state index is -1.27. The van der Waals surface area contributed by atoms with Gasteiger partial charge < -0.3 is 19.3 Å². The molecule has 0 saturated carbocycles. The molecule has 0 amide bonds. The van der Waals surface area contributed by atoms with E-state index in [0.717, 1.165) is 36.5 Å². The molecule has 0 aliphatic heterocycles. The molecule has 8 heteroatoms. The van der Waals surface area contributed by atoms with Crippen molar-refractivity contribution >= 4 is 5.97 Å². The Bertz CT molecular complexity index is 1090. The first kappa shape index (κ1) is 27.4. The highest BCUT2D eigenvalue weighted by Crippen LogP contribution is 2.20. The number of benzene rings is 2. The summed E-state index contributed by atoms with van der Waals surface area (Å²) in [6.45, 7) is 7.48. The quantitative estimate of drug-likeness (QED) is 0.315. The summed E-state index contributed by atoms with van der Waals surface area (Å²) in [6.07, 6.45) is 3.27. The summed E-state index contributed by atoms with van der Waals surface area (Å²) in [4.78, 5) is 16.1. The summed E-state index contributed by atoms with van der Waals surface area (Å²) in [5.74, 6) is 1.31. The molecule has 2 aromatic carbocycles. The van der Waals surface area contributed by atoms with Gasteiger partial charge in [-0.3, -0.25) is 0 Å². The Balaban J connectivity index is 1.59. The lowest BCUT2D eigenvalue weighted by Crippen LogP contribution is -2.37. The maximum absolute atomic E-state index is 11.3. The van der Waals surface area contributed by atoms with Gasteiger partial charge in [-0.25, -0.2) is 14.5 Å². The smallest absolute Gasteiger partial charge is 0.347 e. The van der Waals surface area contributed by atoms with Crippen molar-refractivity contribution in [1.29, 1.82) is 0 Å². The number of rotatable bonds is 15. The summed E-state index contributed by atoms with van der Waals surface area (Å²) < 4.78 is 18.2. The number of ether oxygens (including phenoxy) is 3. The Morgan fingerprint density at radius 1 is 0.972 bits per heavy atom. The number of aryl methyl sites for hydroxylation is 3. The first-order valence-electron chi connectivity index (χ1n) is 12.3. The zero-order chi connectivity index (χ0) is 26.0. The van der Waals surface area contributed by atoms with Crippen LogP contribution in [0.15, 0.2) is 48.5 Å². The van der Waals surface area contributed by atoms with Gasteiger partial charge in [0.05, 0.1) is 26.4 Å². The van der Waals surface area contributed by atoms with Crippen LogP contribution in [0.4, 0.5) is 0 Å². The number of nitrogens with zero attached hydrogens (tertiary/aromatic N) is 3. The SMILES string of the molecule is COCCOCCn1nc(Cc2ccc(C)cc2)nc1CCCc1ccc(OC(C)(C)C(=O)O)cc1. The molecule has 0 radical (unpaired) electrons. The van der Waals surface area contributed by atoms with Crippen LogP contribution in [0.25, 0.3) is 0 Å². The van der Waals surface area contributed by atoms with Gasteiger partial charge in [-0.15, -0.1) is 0 Å². The highest BCUT2D eigenvalue weighted by atomic mass is 16.5. The van der Waals surface area contributed by atoms with Crippen LogP contribution >= 0.6 is 0 Å². The summed E-state index contributed by atoms with van der Waals surface area (Å²) >= 11 is 0. The van der Waals surface area contributed by atoms with Crippen molar-refractivity contribution in [3.63, 3.8) is 0 Å². The van der Waals surface area contributed by atoms with Gasteiger partial charge in [0, 0.05) is 20.0 Å². The van der Waals surface area contributed by atoms with Crippen LogP contribution in [0.3, 0.4) is 0 Å². The average molecular weight is 496 g/mol. The highest BCUT2D eigenvalue weighted by molar-refractivity contribution is 5.76. The molecule has 0 atom stereocenters. The van der Waals surface area contributed by atoms with Crippen molar-refractivity contribution in [1.82, 2.24) is 14.8 Å². The van der Waals surface area contributed by atoms with Crippen molar-refractivity contribution in [2.24, 2.45) is 0 Å². The highest BCUT2D eigenvalue weighted by Gasteiger charge is 2.29. The third-order valence-corrected chi connectivity index (χ3v) is 5.83. The monoisotopic (exact) mass is 495 g/mol. The van der Waals surface area contributed by atoms with E-state index in [0.29, 0.717) is 38.5 Å². The Kier molecular flexibility index (Phi) is 10.0. The number of carboxylic acid groups (broad SMARTS) is 1. The molecule has 8 nitrogen and oxygen atoms in total. The number of aromatic nitrogens is 3. The van der Waals surface area contributed by atoms with Crippen molar-refractivity contribution < 1.29 is 24.1 Å². The minimum Gasteiger partial charge on any atom is -0.478 e. The van der Waals surface area contributed by atoms with Gasteiger partial charge >= 0.3 is 5.97 Å². The molecule has 1 heterocycles. The summed E-state index contributed by atoms with van der Waals surface area (Å²) in [6, 6.07) is 16.0. The number of aliphatic carboxylic acids is 1. The number of carbonyl (C=O) groups is 1. The van der Waals surface area contributed by atoms with Crippen LogP contribution < -0.4 is 4.74 Å². The number of hydrogen-bond donors (Lipinski definition) is 1. The number of methoxy groups -OCH3 is 1. The Hall–Kier alpha value is -3.23. The maximum Gasteiger partial charge on any atom is 0.347 e. The molecule has 0 aliphatic carbocycles. The van der Waals surface area contributed by atoms with Crippen LogP contribution in [0.5, 0.6) is 5.75 Å². The van der Waals surface area contributed by atoms with E-state index in [1.165, 1.54) is 25.0 Å². The standard InChI is InChI=1S/C28H37N3O5/c1-21-8-10-23(11-9-21)20-25-29-26(31(30-25)16-17-35-19-18-34-4)7-5-6-22-12-14-24(15-13-22)36-28(2,3)27(32)33/h8-15H,5-7,16-20H2,1-4H3,(H,32,33). The molecular formula is C28H37N3O5. The van der Waals surface area contributed by atoms with E-state index in [9.17, 15) is 9.90 Å². The number of carboxylic acids is 1. The molecule has 0 unspecified atom stereocenters. The minimum absolute atomic E-state index is 0.542. The van der Waals surface area contributed by atoms with E-state index in [-0.39, 0.29) is 0 Å². The van der Waals surface area contributed by atoms with Crippen molar-refractivity contribution in [3.8, 4) is 5.75 Å². The van der Waals surface area contributed by atoms with Crippen molar-refractivity contribution in [3.05, 3.63) is 76.9 Å². The van der Waals surface area contributed by atoms with Crippen LogP contribution in [0.1, 0.15) is 48.6 Å². The van der Waals surface area contributed by atoms with Gasteiger partial charge in [0.25, 0.3) is 0 Å². The van der Waals surface area contributed by atoms with Gasteiger partial charge in [-0.05, 0) is 56.9 Å². The summed E-state index contributed by atoms with van der Waals surface area (Å²) in [5.41, 5.74) is 2.31. The first-order chi connectivity index (χ1) is 17.3. The van der Waals surface area contributed by atoms with Crippen molar-refractivity contribution in [2.75, 3.05) is 26.9 Å². The second kappa shape index (κ2) is 13.2. The lowest BCUT2D eigenvalue weighted by Gasteiger charge is -2.21. The lowest BCUT2D eigenvalue weighted by atomic mass is 10.1. The zero-order valence-electron chi connectivity index (χ0n) is 21.7. The average Bonchev–Trinajstić information content (AvgIpc) is 3.22. The Morgan fingerprint density at radius 2 is 1.67 bits per heavy atom. The molecule has 3 aromatic rings. The maximum atomic E-state index is 11.3. The van der Waals surface area contributed by atoms with E-state index in [2.05, 4.69) is 31.2 Å². The summed E-state index contributed by atoms with van der Waals surface area (Å²) in [5, 5.41) is 14.0. The van der Waals surface area contributed by atoms with E-state index in [4.69, 9.17) is 24.3 Å². The van der Waals surface area contributed by atoms with Crippen molar-refractivity contribution in [2.45, 2.75) is 58.6 Å². The molecule has 0 saturated heterocycles. The molecule has 36 heavy (non-hydrogen) atoms. The number of hydrogen-bond acceptors (Lipinski definition) is 6. The molecule has 0 aliphatic rings. The van der Waals surface area contributed by atoms with Crippen LogP contribution in [0, 0.1) is 6.92 Å². The van der Waals surface area contributed by atoms with Crippen LogP contribution in [-0.4, -0.2) is 58.4 Å². The normalized spacial score (nSPS) is 11.6. The third-order valence-electron chi connectivity index (χ3n) is 5.83. The summed E-state index contributed by atoms with van der Waals surface area (Å²) in [7, 11) is 1.66. The molecule has 1 N–H and O–H groups in total. The van der Waals surface area contributed by atoms with Gasteiger partial charge in [-0.1, -0.05) is 42.0 Å². The van der Waals surface area contributed by atoms with Gasteiger partial charge in [0.2, 0.25) is 0 Å². The third kappa shape index (κ3) is 8.46. The van der Waals surface area contributed by atoms with Gasteiger partial charge in [0.15, 0.2) is 11.4 Å². The van der Waals surface area contributed by atoms with E-state index < -0.39 is 11.6 Å². The predicted octanol–water partition coefficient (Wildman–Crippen LogP) is 4.26. The largest absolute Gasteiger partial charge is 0.478 e. The molecule has 0 fully saturated rings. The molecule has 1 aromatic heterocycles. The van der Waals surface area contributed by atoms with Gasteiger partial charge in [-0.2, -0.15) is 5.10 Å². The fourth-order valence-electron chi connectivity index (χ4n) is 3.66. The van der Waals surface area contributed by atoms with E-state index >= 15 is 0 Å². The second-order valence-corrected chi connectivity index (χ2v) is 9.35.